The molecule has 0 aliphatic heterocycles. The lowest BCUT2D eigenvalue weighted by atomic mass is 10.1. The Morgan fingerprint density at radius 2 is 1.87 bits per heavy atom. The number of carbonyl (C=O) groups is 1. The Bertz CT molecular complexity index is 812. The summed E-state index contributed by atoms with van der Waals surface area (Å²) < 4.78 is 0. The van der Waals surface area contributed by atoms with Gasteiger partial charge in [0.1, 0.15) is 0 Å². The first-order valence-corrected chi connectivity index (χ1v) is 9.21. The first-order valence-electron chi connectivity index (χ1n) is 7.05. The van der Waals surface area contributed by atoms with Crippen LogP contribution in [0.5, 0.6) is 0 Å². The highest BCUT2D eigenvalue weighted by atomic mass is 32.2. The number of hydrogen-bond acceptors (Lipinski definition) is 4. The van der Waals surface area contributed by atoms with Crippen LogP contribution in [0.25, 0.3) is 11.1 Å². The fourth-order valence-corrected chi connectivity index (χ4v) is 3.28. The van der Waals surface area contributed by atoms with E-state index in [9.17, 15) is 4.79 Å². The standard InChI is InChI=1S/C18H16N2OS2/c1-22-15-5-2-12(3-6-15)18(21)20-17-10-13(4-7-16(17)19)14-8-9-23-11-14/h2-11H,19H2,1H3,(H,20,21). The van der Waals surface area contributed by atoms with Crippen LogP contribution in [0.4, 0.5) is 11.4 Å². The number of carbonyl (C=O) groups excluding carboxylic acids is 1. The lowest BCUT2D eigenvalue weighted by Gasteiger charge is -2.10. The fraction of sp³-hybridized carbons (Fsp3) is 0.0556. The normalized spacial score (nSPS) is 10.5. The number of benzene rings is 2. The van der Waals surface area contributed by atoms with E-state index in [2.05, 4.69) is 10.7 Å². The van der Waals surface area contributed by atoms with Crippen molar-refractivity contribution in [3.05, 3.63) is 64.9 Å². The number of amides is 1. The van der Waals surface area contributed by atoms with Crippen LogP contribution in [0, 0.1) is 0 Å². The number of thioether (sulfide) groups is 1. The van der Waals surface area contributed by atoms with E-state index in [0.717, 1.165) is 16.0 Å². The van der Waals surface area contributed by atoms with Gasteiger partial charge in [-0.1, -0.05) is 6.07 Å². The van der Waals surface area contributed by atoms with Crippen molar-refractivity contribution in [2.75, 3.05) is 17.3 Å². The zero-order valence-electron chi connectivity index (χ0n) is 12.6. The van der Waals surface area contributed by atoms with E-state index in [1.165, 1.54) is 0 Å². The molecule has 1 heterocycles. The minimum Gasteiger partial charge on any atom is -0.397 e. The van der Waals surface area contributed by atoms with Crippen LogP contribution < -0.4 is 11.1 Å². The lowest BCUT2D eigenvalue weighted by molar-refractivity contribution is 0.102. The molecule has 0 radical (unpaired) electrons. The molecule has 5 heteroatoms. The maximum absolute atomic E-state index is 12.4. The third-order valence-corrected chi connectivity index (χ3v) is 4.94. The highest BCUT2D eigenvalue weighted by molar-refractivity contribution is 7.98. The minimum absolute atomic E-state index is 0.160. The van der Waals surface area contributed by atoms with Crippen molar-refractivity contribution in [1.82, 2.24) is 0 Å². The topological polar surface area (TPSA) is 55.1 Å². The van der Waals surface area contributed by atoms with Crippen LogP contribution in [0.2, 0.25) is 0 Å². The van der Waals surface area contributed by atoms with Gasteiger partial charge in [0.15, 0.2) is 0 Å². The number of rotatable bonds is 4. The molecule has 0 atom stereocenters. The number of anilines is 2. The minimum atomic E-state index is -0.160. The first-order chi connectivity index (χ1) is 11.2. The van der Waals surface area contributed by atoms with Crippen LogP contribution >= 0.6 is 23.1 Å². The first kappa shape index (κ1) is 15.6. The zero-order valence-corrected chi connectivity index (χ0v) is 14.2. The molecular formula is C18H16N2OS2. The van der Waals surface area contributed by atoms with Crippen molar-refractivity contribution < 1.29 is 4.79 Å². The smallest absolute Gasteiger partial charge is 0.255 e. The predicted molar refractivity (Wildman–Crippen MR) is 100 cm³/mol. The average molecular weight is 340 g/mol. The Morgan fingerprint density at radius 1 is 1.09 bits per heavy atom. The molecule has 3 aromatic rings. The molecule has 0 unspecified atom stereocenters. The summed E-state index contributed by atoms with van der Waals surface area (Å²) in [6.45, 7) is 0. The van der Waals surface area contributed by atoms with Gasteiger partial charge in [-0.3, -0.25) is 4.79 Å². The number of hydrogen-bond donors (Lipinski definition) is 2. The van der Waals surface area contributed by atoms with Crippen LogP contribution in [0.15, 0.2) is 64.2 Å². The van der Waals surface area contributed by atoms with Gasteiger partial charge in [-0.2, -0.15) is 11.3 Å². The van der Waals surface area contributed by atoms with Gasteiger partial charge in [0.25, 0.3) is 5.91 Å². The van der Waals surface area contributed by atoms with E-state index < -0.39 is 0 Å². The molecule has 0 saturated heterocycles. The number of nitrogens with two attached hydrogens (primary N) is 1. The molecule has 0 saturated carbocycles. The van der Waals surface area contributed by atoms with E-state index >= 15 is 0 Å². The van der Waals surface area contributed by atoms with Gasteiger partial charge in [0, 0.05) is 10.5 Å². The van der Waals surface area contributed by atoms with Gasteiger partial charge in [-0.05, 0) is 70.6 Å². The summed E-state index contributed by atoms with van der Waals surface area (Å²) >= 11 is 3.28. The Labute approximate surface area is 143 Å². The molecule has 0 aliphatic rings. The van der Waals surface area contributed by atoms with Gasteiger partial charge in [0.05, 0.1) is 11.4 Å². The van der Waals surface area contributed by atoms with Crippen molar-refractivity contribution in [2.45, 2.75) is 4.90 Å². The van der Waals surface area contributed by atoms with E-state index in [1.807, 2.05) is 60.2 Å². The largest absolute Gasteiger partial charge is 0.397 e. The number of nitrogen functional groups attached to an aromatic ring is 1. The molecule has 3 nitrogen and oxygen atoms in total. The maximum atomic E-state index is 12.4. The summed E-state index contributed by atoms with van der Waals surface area (Å²) in [4.78, 5) is 13.5. The Kier molecular flexibility index (Phi) is 4.69. The van der Waals surface area contributed by atoms with Gasteiger partial charge >= 0.3 is 0 Å². The van der Waals surface area contributed by atoms with Gasteiger partial charge in [-0.25, -0.2) is 0 Å². The molecule has 1 amide bonds. The summed E-state index contributed by atoms with van der Waals surface area (Å²) in [6.07, 6.45) is 2.01. The Balaban J connectivity index is 1.83. The van der Waals surface area contributed by atoms with Gasteiger partial charge < -0.3 is 11.1 Å². The summed E-state index contributed by atoms with van der Waals surface area (Å²) in [7, 11) is 0. The maximum Gasteiger partial charge on any atom is 0.255 e. The highest BCUT2D eigenvalue weighted by Crippen LogP contribution is 2.29. The molecule has 3 rings (SSSR count). The molecule has 116 valence electrons. The number of thiophene rings is 1. The van der Waals surface area contributed by atoms with E-state index in [4.69, 9.17) is 5.73 Å². The average Bonchev–Trinajstić information content (AvgIpc) is 3.11. The van der Waals surface area contributed by atoms with E-state index in [1.54, 1.807) is 23.1 Å². The quantitative estimate of drug-likeness (QED) is 0.521. The third-order valence-electron chi connectivity index (χ3n) is 3.51. The molecular weight excluding hydrogens is 324 g/mol. The summed E-state index contributed by atoms with van der Waals surface area (Å²) in [5.41, 5.74) is 9.96. The van der Waals surface area contributed by atoms with Crippen LogP contribution in [-0.2, 0) is 0 Å². The van der Waals surface area contributed by atoms with Crippen molar-refractivity contribution in [1.29, 1.82) is 0 Å². The van der Waals surface area contributed by atoms with Crippen molar-refractivity contribution in [3.63, 3.8) is 0 Å². The molecule has 2 aromatic carbocycles. The molecule has 0 aliphatic carbocycles. The van der Waals surface area contributed by atoms with Crippen LogP contribution in [0.3, 0.4) is 0 Å². The highest BCUT2D eigenvalue weighted by Gasteiger charge is 2.09. The predicted octanol–water partition coefficient (Wildman–Crippen LogP) is 4.97. The van der Waals surface area contributed by atoms with Gasteiger partial charge in [0.2, 0.25) is 0 Å². The van der Waals surface area contributed by atoms with E-state index in [0.29, 0.717) is 16.9 Å². The monoisotopic (exact) mass is 340 g/mol. The van der Waals surface area contributed by atoms with Crippen molar-refractivity contribution in [2.24, 2.45) is 0 Å². The Morgan fingerprint density at radius 3 is 2.52 bits per heavy atom. The van der Waals surface area contributed by atoms with Crippen molar-refractivity contribution >= 4 is 40.4 Å². The number of nitrogens with one attached hydrogen (secondary N) is 1. The van der Waals surface area contributed by atoms with Crippen molar-refractivity contribution in [3.8, 4) is 11.1 Å². The zero-order chi connectivity index (χ0) is 16.2. The summed E-state index contributed by atoms with van der Waals surface area (Å²) in [5.74, 6) is -0.160. The molecule has 3 N–H and O–H groups in total. The van der Waals surface area contributed by atoms with Crippen LogP contribution in [-0.4, -0.2) is 12.2 Å². The lowest BCUT2D eigenvalue weighted by Crippen LogP contribution is -2.13. The second-order valence-electron chi connectivity index (χ2n) is 5.00. The molecule has 0 spiro atoms. The molecule has 1 aromatic heterocycles. The fourth-order valence-electron chi connectivity index (χ4n) is 2.21. The molecule has 0 bridgehead atoms. The summed E-state index contributed by atoms with van der Waals surface area (Å²) in [6, 6.07) is 15.2. The second kappa shape index (κ2) is 6.89. The Hall–Kier alpha value is -2.24. The molecule has 23 heavy (non-hydrogen) atoms. The summed E-state index contributed by atoms with van der Waals surface area (Å²) in [5, 5.41) is 6.99. The third kappa shape index (κ3) is 3.57. The van der Waals surface area contributed by atoms with Crippen LogP contribution in [0.1, 0.15) is 10.4 Å². The molecule has 0 fully saturated rings. The van der Waals surface area contributed by atoms with E-state index in [-0.39, 0.29) is 5.91 Å². The van der Waals surface area contributed by atoms with Gasteiger partial charge in [-0.15, -0.1) is 11.8 Å². The second-order valence-corrected chi connectivity index (χ2v) is 6.66. The SMILES string of the molecule is CSc1ccc(C(=O)Nc2cc(-c3ccsc3)ccc2N)cc1.